The fourth-order valence-electron chi connectivity index (χ4n) is 2.13. The second-order valence-electron chi connectivity index (χ2n) is 4.75. The van der Waals surface area contributed by atoms with Crippen molar-refractivity contribution in [3.8, 4) is 0 Å². The van der Waals surface area contributed by atoms with Gasteiger partial charge in [0.15, 0.2) is 6.10 Å². The molecular weight excluding hydrogens is 208 g/mol. The first-order valence-electron chi connectivity index (χ1n) is 5.72. The van der Waals surface area contributed by atoms with Crippen LogP contribution in [0.1, 0.15) is 34.6 Å². The van der Waals surface area contributed by atoms with Gasteiger partial charge >= 0.3 is 11.9 Å². The van der Waals surface area contributed by atoms with Gasteiger partial charge in [0, 0.05) is 6.92 Å². The van der Waals surface area contributed by atoms with Crippen LogP contribution in [0.25, 0.3) is 0 Å². The van der Waals surface area contributed by atoms with Crippen LogP contribution in [0.15, 0.2) is 0 Å². The Morgan fingerprint density at radius 1 is 1.00 bits per heavy atom. The van der Waals surface area contributed by atoms with Crippen LogP contribution in [-0.4, -0.2) is 24.1 Å². The predicted octanol–water partition coefficient (Wildman–Crippen LogP) is 1.77. The minimum absolute atomic E-state index is 0.00991. The molecule has 4 nitrogen and oxygen atoms in total. The van der Waals surface area contributed by atoms with Crippen molar-refractivity contribution < 1.29 is 19.1 Å². The van der Waals surface area contributed by atoms with Gasteiger partial charge in [-0.25, -0.2) is 4.79 Å². The first kappa shape index (κ1) is 13.2. The number of carbonyl (C=O) groups is 2. The Bertz CT molecular complexity index is 287. The molecule has 1 fully saturated rings. The highest BCUT2D eigenvalue weighted by Crippen LogP contribution is 2.35. The molecule has 4 heteroatoms. The summed E-state index contributed by atoms with van der Waals surface area (Å²) in [5, 5.41) is 0. The van der Waals surface area contributed by atoms with E-state index in [0.29, 0.717) is 11.8 Å². The highest BCUT2D eigenvalue weighted by Gasteiger charge is 2.41. The quantitative estimate of drug-likeness (QED) is 0.507. The van der Waals surface area contributed by atoms with Crippen molar-refractivity contribution in [3.63, 3.8) is 0 Å². The van der Waals surface area contributed by atoms with Crippen molar-refractivity contribution in [1.82, 2.24) is 0 Å². The summed E-state index contributed by atoms with van der Waals surface area (Å²) in [6.07, 6.45) is -0.610. The van der Waals surface area contributed by atoms with Gasteiger partial charge in [0.2, 0.25) is 0 Å². The van der Waals surface area contributed by atoms with Crippen molar-refractivity contribution >= 4 is 11.9 Å². The Labute approximate surface area is 96.3 Å². The minimum atomic E-state index is -0.620. The molecule has 0 N–H and O–H groups in total. The normalized spacial score (nSPS) is 39.2. The predicted molar refractivity (Wildman–Crippen MR) is 58.6 cm³/mol. The second-order valence-corrected chi connectivity index (χ2v) is 4.75. The lowest BCUT2D eigenvalue weighted by Crippen LogP contribution is -2.47. The average molecular weight is 228 g/mol. The molecule has 0 aliphatic carbocycles. The Hall–Kier alpha value is -0.900. The summed E-state index contributed by atoms with van der Waals surface area (Å²) in [6.45, 7) is 9.34. The summed E-state index contributed by atoms with van der Waals surface area (Å²) >= 11 is 0. The highest BCUT2D eigenvalue weighted by atomic mass is 16.6. The number of esters is 2. The third-order valence-electron chi connectivity index (χ3n) is 3.71. The number of carbonyl (C=O) groups excluding carboxylic acids is 2. The Morgan fingerprint density at radius 3 is 2.06 bits per heavy atom. The van der Waals surface area contributed by atoms with Gasteiger partial charge in [0.1, 0.15) is 0 Å². The van der Waals surface area contributed by atoms with Gasteiger partial charge in [0.25, 0.3) is 0 Å². The summed E-state index contributed by atoms with van der Waals surface area (Å²) < 4.78 is 10.2. The van der Waals surface area contributed by atoms with Crippen LogP contribution in [0, 0.1) is 17.8 Å². The third-order valence-corrected chi connectivity index (χ3v) is 3.71. The van der Waals surface area contributed by atoms with Gasteiger partial charge in [-0.1, -0.05) is 20.8 Å². The van der Waals surface area contributed by atoms with E-state index in [1.165, 1.54) is 6.92 Å². The van der Waals surface area contributed by atoms with Gasteiger partial charge in [-0.2, -0.15) is 0 Å². The SMILES string of the molecule is CC(=O)OC(=O)C1OC(C)C(C)C(C)C1C. The molecule has 0 bridgehead atoms. The van der Waals surface area contributed by atoms with E-state index >= 15 is 0 Å². The molecule has 0 amide bonds. The van der Waals surface area contributed by atoms with Crippen LogP contribution in [0.3, 0.4) is 0 Å². The molecule has 1 aliphatic rings. The van der Waals surface area contributed by atoms with E-state index in [1.807, 2.05) is 13.8 Å². The summed E-state index contributed by atoms with van der Waals surface area (Å²) in [7, 11) is 0. The van der Waals surface area contributed by atoms with E-state index in [0.717, 1.165) is 0 Å². The van der Waals surface area contributed by atoms with E-state index in [2.05, 4.69) is 18.6 Å². The van der Waals surface area contributed by atoms with Crippen LogP contribution < -0.4 is 0 Å². The zero-order valence-corrected chi connectivity index (χ0v) is 10.5. The molecule has 5 unspecified atom stereocenters. The minimum Gasteiger partial charge on any atom is -0.391 e. The Morgan fingerprint density at radius 2 is 1.56 bits per heavy atom. The van der Waals surface area contributed by atoms with Crippen molar-refractivity contribution in [2.45, 2.75) is 46.8 Å². The molecule has 0 aromatic carbocycles. The average Bonchev–Trinajstić information content (AvgIpc) is 2.19. The molecular formula is C12H20O4. The molecule has 1 aliphatic heterocycles. The monoisotopic (exact) mass is 228 g/mol. The second kappa shape index (κ2) is 4.95. The standard InChI is InChI=1S/C12H20O4/c1-6-7(2)9(4)15-11(8(6)3)12(14)16-10(5)13/h6-9,11H,1-5H3. The van der Waals surface area contributed by atoms with Crippen LogP contribution in [0.4, 0.5) is 0 Å². The molecule has 1 heterocycles. The maximum atomic E-state index is 11.6. The van der Waals surface area contributed by atoms with E-state index < -0.39 is 18.0 Å². The van der Waals surface area contributed by atoms with Gasteiger partial charge in [-0.15, -0.1) is 0 Å². The highest BCUT2D eigenvalue weighted by molar-refractivity contribution is 5.87. The maximum absolute atomic E-state index is 11.6. The molecule has 92 valence electrons. The molecule has 0 saturated carbocycles. The molecule has 0 aromatic rings. The fraction of sp³-hybridized carbons (Fsp3) is 0.833. The Balaban J connectivity index is 2.73. The van der Waals surface area contributed by atoms with Gasteiger partial charge in [-0.05, 0) is 24.7 Å². The molecule has 0 radical (unpaired) electrons. The fourth-order valence-corrected chi connectivity index (χ4v) is 2.13. The number of rotatable bonds is 1. The first-order chi connectivity index (χ1) is 7.34. The maximum Gasteiger partial charge on any atom is 0.343 e. The Kier molecular flexibility index (Phi) is 4.08. The summed E-state index contributed by atoms with van der Waals surface area (Å²) in [5.41, 5.74) is 0. The molecule has 1 rings (SSSR count). The number of hydrogen-bond donors (Lipinski definition) is 0. The van der Waals surface area contributed by atoms with Crippen LogP contribution in [0.5, 0.6) is 0 Å². The van der Waals surface area contributed by atoms with Crippen LogP contribution >= 0.6 is 0 Å². The molecule has 1 saturated heterocycles. The van der Waals surface area contributed by atoms with Crippen molar-refractivity contribution in [1.29, 1.82) is 0 Å². The third kappa shape index (κ3) is 2.61. The lowest BCUT2D eigenvalue weighted by atomic mass is 9.77. The molecule has 0 aromatic heterocycles. The number of hydrogen-bond acceptors (Lipinski definition) is 4. The van der Waals surface area contributed by atoms with Gasteiger partial charge < -0.3 is 9.47 Å². The topological polar surface area (TPSA) is 52.6 Å². The lowest BCUT2D eigenvalue weighted by Gasteiger charge is -2.41. The van der Waals surface area contributed by atoms with Gasteiger partial charge in [0.05, 0.1) is 6.10 Å². The van der Waals surface area contributed by atoms with E-state index in [9.17, 15) is 9.59 Å². The molecule has 0 spiro atoms. The smallest absolute Gasteiger partial charge is 0.343 e. The first-order valence-corrected chi connectivity index (χ1v) is 5.72. The van der Waals surface area contributed by atoms with Crippen molar-refractivity contribution in [2.24, 2.45) is 17.8 Å². The van der Waals surface area contributed by atoms with Gasteiger partial charge in [-0.3, -0.25) is 4.79 Å². The zero-order chi connectivity index (χ0) is 12.5. The zero-order valence-electron chi connectivity index (χ0n) is 10.5. The molecule has 16 heavy (non-hydrogen) atoms. The largest absolute Gasteiger partial charge is 0.391 e. The summed E-state index contributed by atoms with van der Waals surface area (Å²) in [5.74, 6) is -0.312. The van der Waals surface area contributed by atoms with Crippen LogP contribution in [0.2, 0.25) is 0 Å². The lowest BCUT2D eigenvalue weighted by molar-refractivity contribution is -0.185. The van der Waals surface area contributed by atoms with Crippen molar-refractivity contribution in [2.75, 3.05) is 0 Å². The van der Waals surface area contributed by atoms with E-state index in [-0.39, 0.29) is 12.0 Å². The van der Waals surface area contributed by atoms with Crippen molar-refractivity contribution in [3.05, 3.63) is 0 Å². The summed E-state index contributed by atoms with van der Waals surface area (Å²) in [4.78, 5) is 22.4. The molecule has 5 atom stereocenters. The number of ether oxygens (including phenoxy) is 2. The van der Waals surface area contributed by atoms with E-state index in [1.54, 1.807) is 0 Å². The van der Waals surface area contributed by atoms with E-state index in [4.69, 9.17) is 4.74 Å². The summed E-state index contributed by atoms with van der Waals surface area (Å²) in [6, 6.07) is 0. The van der Waals surface area contributed by atoms with Crippen LogP contribution in [-0.2, 0) is 19.1 Å².